The van der Waals surface area contributed by atoms with E-state index in [2.05, 4.69) is 17.6 Å². The Hall–Kier alpha value is -0.570. The van der Waals surface area contributed by atoms with E-state index >= 15 is 0 Å². The molecule has 1 amide bonds. The average molecular weight is 168 g/mol. The first-order valence-electron chi connectivity index (χ1n) is 4.71. The van der Waals surface area contributed by atoms with Gasteiger partial charge in [-0.05, 0) is 19.4 Å². The topological polar surface area (TPSA) is 41.1 Å². The molecule has 0 bridgehead atoms. The van der Waals surface area contributed by atoms with Crippen LogP contribution in [0.15, 0.2) is 0 Å². The summed E-state index contributed by atoms with van der Waals surface area (Å²) in [7, 11) is 0. The lowest BCUT2D eigenvalue weighted by atomic mass is 9.81. The molecule has 68 valence electrons. The van der Waals surface area contributed by atoms with Gasteiger partial charge in [0.2, 0.25) is 5.91 Å². The molecule has 0 aromatic rings. The predicted octanol–water partition coefficient (Wildman–Crippen LogP) is 0.265. The maximum Gasteiger partial charge on any atom is 0.220 e. The van der Waals surface area contributed by atoms with Crippen LogP contribution in [-0.4, -0.2) is 25.0 Å². The molecule has 2 atom stereocenters. The van der Waals surface area contributed by atoms with Crippen LogP contribution in [0, 0.1) is 5.41 Å². The fraction of sp³-hybridized carbons (Fsp3) is 0.889. The van der Waals surface area contributed by atoms with Gasteiger partial charge in [-0.1, -0.05) is 6.92 Å². The minimum absolute atomic E-state index is 0.174. The highest BCUT2D eigenvalue weighted by molar-refractivity contribution is 5.79. The van der Waals surface area contributed by atoms with Crippen LogP contribution in [0.3, 0.4) is 0 Å². The van der Waals surface area contributed by atoms with E-state index in [0.717, 1.165) is 13.1 Å². The summed E-state index contributed by atoms with van der Waals surface area (Å²) in [5, 5.41) is 6.38. The summed E-state index contributed by atoms with van der Waals surface area (Å²) in [5.41, 5.74) is 0.174. The Morgan fingerprint density at radius 3 is 2.92 bits per heavy atom. The molecule has 12 heavy (non-hydrogen) atoms. The van der Waals surface area contributed by atoms with Crippen molar-refractivity contribution < 1.29 is 4.79 Å². The minimum atomic E-state index is 0.174. The first-order valence-corrected chi connectivity index (χ1v) is 4.71. The zero-order valence-electron chi connectivity index (χ0n) is 7.52. The fourth-order valence-corrected chi connectivity index (χ4v) is 2.32. The Bertz CT molecular complexity index is 199. The van der Waals surface area contributed by atoms with Crippen molar-refractivity contribution >= 4 is 5.91 Å². The van der Waals surface area contributed by atoms with E-state index in [1.54, 1.807) is 0 Å². The maximum absolute atomic E-state index is 11.1. The van der Waals surface area contributed by atoms with Crippen LogP contribution >= 0.6 is 0 Å². The summed E-state index contributed by atoms with van der Waals surface area (Å²) >= 11 is 0. The van der Waals surface area contributed by atoms with Crippen LogP contribution in [0.4, 0.5) is 0 Å². The van der Waals surface area contributed by atoms with E-state index in [0.29, 0.717) is 12.5 Å². The van der Waals surface area contributed by atoms with E-state index in [-0.39, 0.29) is 11.3 Å². The summed E-state index contributed by atoms with van der Waals surface area (Å²) in [6.45, 7) is 4.17. The number of amides is 1. The maximum atomic E-state index is 11.1. The Morgan fingerprint density at radius 2 is 2.42 bits per heavy atom. The van der Waals surface area contributed by atoms with Crippen molar-refractivity contribution in [2.75, 3.05) is 13.1 Å². The summed E-state index contributed by atoms with van der Waals surface area (Å²) in [5.74, 6) is 0.214. The van der Waals surface area contributed by atoms with Crippen molar-refractivity contribution in [1.82, 2.24) is 10.6 Å². The Morgan fingerprint density at radius 1 is 1.58 bits per heavy atom. The molecule has 0 aromatic carbocycles. The third-order valence-corrected chi connectivity index (χ3v) is 3.16. The molecule has 2 aliphatic rings. The zero-order chi connectivity index (χ0) is 8.60. The molecule has 0 aromatic heterocycles. The van der Waals surface area contributed by atoms with Crippen molar-refractivity contribution in [3.63, 3.8) is 0 Å². The van der Waals surface area contributed by atoms with Gasteiger partial charge in [0.15, 0.2) is 0 Å². The van der Waals surface area contributed by atoms with E-state index in [4.69, 9.17) is 0 Å². The number of carbonyl (C=O) groups is 1. The van der Waals surface area contributed by atoms with Gasteiger partial charge in [0.25, 0.3) is 0 Å². The Labute approximate surface area is 72.9 Å². The van der Waals surface area contributed by atoms with Gasteiger partial charge < -0.3 is 10.6 Å². The molecule has 0 aliphatic carbocycles. The summed E-state index contributed by atoms with van der Waals surface area (Å²) in [6, 6.07) is 0.552. The van der Waals surface area contributed by atoms with Crippen LogP contribution in [-0.2, 0) is 4.79 Å². The third-order valence-electron chi connectivity index (χ3n) is 3.16. The van der Waals surface area contributed by atoms with Crippen molar-refractivity contribution in [1.29, 1.82) is 0 Å². The van der Waals surface area contributed by atoms with Gasteiger partial charge in [-0.25, -0.2) is 0 Å². The molecule has 2 fully saturated rings. The largest absolute Gasteiger partial charge is 0.355 e. The molecule has 3 heteroatoms. The number of rotatable bonds is 1. The van der Waals surface area contributed by atoms with Crippen molar-refractivity contribution in [2.24, 2.45) is 5.41 Å². The van der Waals surface area contributed by atoms with E-state index in [1.165, 1.54) is 12.8 Å². The fourth-order valence-electron chi connectivity index (χ4n) is 2.32. The van der Waals surface area contributed by atoms with E-state index in [1.807, 2.05) is 0 Å². The molecule has 2 rings (SSSR count). The Balaban J connectivity index is 2.05. The Kier molecular flexibility index (Phi) is 1.83. The normalized spacial score (nSPS) is 41.8. The first kappa shape index (κ1) is 8.05. The zero-order valence-corrected chi connectivity index (χ0v) is 7.52. The quantitative estimate of drug-likeness (QED) is 0.590. The van der Waals surface area contributed by atoms with Crippen LogP contribution in [0.25, 0.3) is 0 Å². The highest BCUT2D eigenvalue weighted by Crippen LogP contribution is 2.33. The highest BCUT2D eigenvalue weighted by atomic mass is 16.1. The van der Waals surface area contributed by atoms with Crippen molar-refractivity contribution in [2.45, 2.75) is 32.2 Å². The molecule has 3 nitrogen and oxygen atoms in total. The van der Waals surface area contributed by atoms with Gasteiger partial charge >= 0.3 is 0 Å². The summed E-state index contributed by atoms with van der Waals surface area (Å²) < 4.78 is 0. The number of nitrogens with one attached hydrogen (secondary N) is 2. The van der Waals surface area contributed by atoms with Gasteiger partial charge in [-0.3, -0.25) is 4.79 Å². The van der Waals surface area contributed by atoms with Crippen molar-refractivity contribution in [3.05, 3.63) is 0 Å². The van der Waals surface area contributed by atoms with E-state index < -0.39 is 0 Å². The summed E-state index contributed by atoms with van der Waals surface area (Å²) in [4.78, 5) is 11.1. The van der Waals surface area contributed by atoms with Crippen LogP contribution in [0.5, 0.6) is 0 Å². The lowest BCUT2D eigenvalue weighted by Gasteiger charge is -2.29. The van der Waals surface area contributed by atoms with Gasteiger partial charge in [0, 0.05) is 24.4 Å². The molecule has 2 N–H and O–H groups in total. The van der Waals surface area contributed by atoms with Gasteiger partial charge in [0.05, 0.1) is 0 Å². The predicted molar refractivity (Wildman–Crippen MR) is 46.8 cm³/mol. The molecular weight excluding hydrogens is 152 g/mol. The van der Waals surface area contributed by atoms with Gasteiger partial charge in [-0.15, -0.1) is 0 Å². The summed E-state index contributed by atoms with van der Waals surface area (Å²) in [6.07, 6.45) is 3.19. The second kappa shape index (κ2) is 2.73. The van der Waals surface area contributed by atoms with Crippen LogP contribution in [0.2, 0.25) is 0 Å². The van der Waals surface area contributed by atoms with E-state index in [9.17, 15) is 4.79 Å². The molecule has 2 unspecified atom stereocenters. The molecule has 0 spiro atoms. The van der Waals surface area contributed by atoms with Gasteiger partial charge in [-0.2, -0.15) is 0 Å². The number of hydrogen-bond donors (Lipinski definition) is 2. The van der Waals surface area contributed by atoms with Crippen molar-refractivity contribution in [3.8, 4) is 0 Å². The number of carbonyl (C=O) groups excluding carboxylic acids is 1. The molecule has 2 aliphatic heterocycles. The second-order valence-electron chi connectivity index (χ2n) is 4.26. The van der Waals surface area contributed by atoms with Crippen LogP contribution in [0.1, 0.15) is 26.2 Å². The number of hydrogen-bond acceptors (Lipinski definition) is 2. The van der Waals surface area contributed by atoms with Gasteiger partial charge in [0.1, 0.15) is 0 Å². The minimum Gasteiger partial charge on any atom is -0.355 e. The average Bonchev–Trinajstić information content (AvgIpc) is 2.59. The smallest absolute Gasteiger partial charge is 0.220 e. The lowest BCUT2D eigenvalue weighted by molar-refractivity contribution is -0.119. The monoisotopic (exact) mass is 168 g/mol. The third kappa shape index (κ3) is 1.22. The molecular formula is C9H16N2O. The standard InChI is InChI=1S/C9H16N2O/c1-9(5-8(12)11-6-9)7-3-2-4-10-7/h7,10H,2-6H2,1H3,(H,11,12). The molecule has 2 heterocycles. The molecule has 0 saturated carbocycles. The SMILES string of the molecule is CC1(C2CCCN2)CNC(=O)C1. The first-order chi connectivity index (χ1) is 5.71. The van der Waals surface area contributed by atoms with Crippen LogP contribution < -0.4 is 10.6 Å². The molecule has 2 saturated heterocycles. The second-order valence-corrected chi connectivity index (χ2v) is 4.26. The highest BCUT2D eigenvalue weighted by Gasteiger charge is 2.41. The molecule has 0 radical (unpaired) electrons. The lowest BCUT2D eigenvalue weighted by Crippen LogP contribution is -2.40.